The second kappa shape index (κ2) is 4.88. The number of hydrogen-bond acceptors (Lipinski definition) is 2. The van der Waals surface area contributed by atoms with Gasteiger partial charge < -0.3 is 5.73 Å². The van der Waals surface area contributed by atoms with Gasteiger partial charge in [-0.1, -0.05) is 12.7 Å². The van der Waals surface area contributed by atoms with E-state index in [2.05, 4.69) is 11.6 Å². The molecule has 1 aromatic rings. The lowest BCUT2D eigenvalue weighted by Gasteiger charge is -2.18. The number of aromatic nitrogens is 1. The van der Waals surface area contributed by atoms with E-state index in [1.165, 1.54) is 6.07 Å². The first-order chi connectivity index (χ1) is 8.18. The summed E-state index contributed by atoms with van der Waals surface area (Å²) in [5.74, 6) is -2.90. The van der Waals surface area contributed by atoms with Gasteiger partial charge >= 0.3 is 0 Å². The molecule has 1 aromatic heterocycles. The van der Waals surface area contributed by atoms with E-state index in [1.807, 2.05) is 0 Å². The van der Waals surface area contributed by atoms with Crippen LogP contribution in [0.1, 0.15) is 36.4 Å². The lowest BCUT2D eigenvalue weighted by molar-refractivity contribution is 0.0166. The second-order valence-corrected chi connectivity index (χ2v) is 4.40. The van der Waals surface area contributed by atoms with Crippen molar-refractivity contribution in [3.05, 3.63) is 46.9 Å². The number of pyridine rings is 1. The van der Waals surface area contributed by atoms with Gasteiger partial charge in [0.2, 0.25) is 0 Å². The van der Waals surface area contributed by atoms with Crippen LogP contribution in [0, 0.1) is 13.8 Å². The Kier molecular flexibility index (Phi) is 3.89. The molecule has 0 aliphatic heterocycles. The first-order valence-corrected chi connectivity index (χ1v) is 5.66. The molecule has 0 aromatic carbocycles. The van der Waals surface area contributed by atoms with Crippen LogP contribution >= 0.6 is 0 Å². The average molecular weight is 252 g/mol. The number of aryl methyl sites for hydroxylation is 1. The summed E-state index contributed by atoms with van der Waals surface area (Å²) in [6.45, 7) is 9.62. The summed E-state index contributed by atoms with van der Waals surface area (Å²) in [7, 11) is 0. The molecular formula is C14H18F2N2. The molecule has 0 atom stereocenters. The van der Waals surface area contributed by atoms with E-state index in [9.17, 15) is 8.78 Å². The Bertz CT molecular complexity index is 511. The van der Waals surface area contributed by atoms with Gasteiger partial charge in [0, 0.05) is 29.5 Å². The van der Waals surface area contributed by atoms with Crippen molar-refractivity contribution in [1.82, 2.24) is 4.98 Å². The van der Waals surface area contributed by atoms with E-state index in [-0.39, 0.29) is 5.56 Å². The van der Waals surface area contributed by atoms with Gasteiger partial charge in [-0.3, -0.25) is 4.98 Å². The van der Waals surface area contributed by atoms with Crippen molar-refractivity contribution in [2.24, 2.45) is 5.73 Å². The number of rotatable bonds is 3. The van der Waals surface area contributed by atoms with Crippen LogP contribution in [0.3, 0.4) is 0 Å². The maximum absolute atomic E-state index is 13.5. The molecule has 0 unspecified atom stereocenters. The van der Waals surface area contributed by atoms with Gasteiger partial charge in [-0.2, -0.15) is 0 Å². The van der Waals surface area contributed by atoms with E-state index >= 15 is 0 Å². The van der Waals surface area contributed by atoms with Crippen molar-refractivity contribution in [2.45, 2.75) is 33.6 Å². The van der Waals surface area contributed by atoms with Crippen LogP contribution in [0.2, 0.25) is 0 Å². The van der Waals surface area contributed by atoms with E-state index in [4.69, 9.17) is 5.73 Å². The highest BCUT2D eigenvalue weighted by molar-refractivity contribution is 5.77. The molecule has 0 saturated carbocycles. The molecule has 0 spiro atoms. The van der Waals surface area contributed by atoms with Crippen LogP contribution in [-0.2, 0) is 5.92 Å². The topological polar surface area (TPSA) is 38.9 Å². The second-order valence-electron chi connectivity index (χ2n) is 4.40. The molecular weight excluding hydrogens is 234 g/mol. The Morgan fingerprint density at radius 1 is 1.44 bits per heavy atom. The molecule has 1 heterocycles. The molecule has 0 saturated heterocycles. The van der Waals surface area contributed by atoms with Crippen LogP contribution in [0.4, 0.5) is 8.78 Å². The number of alkyl halides is 2. The molecule has 1 rings (SSSR count). The molecule has 18 heavy (non-hydrogen) atoms. The molecule has 0 radical (unpaired) electrons. The molecule has 98 valence electrons. The van der Waals surface area contributed by atoms with Gasteiger partial charge in [-0.05, 0) is 32.4 Å². The first-order valence-electron chi connectivity index (χ1n) is 5.66. The van der Waals surface area contributed by atoms with Gasteiger partial charge in [0.1, 0.15) is 0 Å². The zero-order chi connectivity index (χ0) is 14.1. The predicted octanol–water partition coefficient (Wildman–Crippen LogP) is 3.69. The van der Waals surface area contributed by atoms with Crippen molar-refractivity contribution in [1.29, 1.82) is 0 Å². The van der Waals surface area contributed by atoms with Crippen molar-refractivity contribution >= 4 is 5.57 Å². The minimum absolute atomic E-state index is 0.0226. The molecule has 2 nitrogen and oxygen atoms in total. The van der Waals surface area contributed by atoms with E-state index in [1.54, 1.807) is 26.8 Å². The summed E-state index contributed by atoms with van der Waals surface area (Å²) in [6, 6.07) is 1.41. The largest absolute Gasteiger partial charge is 0.399 e. The quantitative estimate of drug-likeness (QED) is 0.833. The van der Waals surface area contributed by atoms with Crippen molar-refractivity contribution in [3.63, 3.8) is 0 Å². The molecule has 0 fully saturated rings. The summed E-state index contributed by atoms with van der Waals surface area (Å²) in [4.78, 5) is 4.30. The third-order valence-corrected chi connectivity index (χ3v) is 2.76. The zero-order valence-electron chi connectivity index (χ0n) is 11.1. The summed E-state index contributed by atoms with van der Waals surface area (Å²) < 4.78 is 27.1. The number of nitrogens with zero attached hydrogens (tertiary/aromatic N) is 1. The predicted molar refractivity (Wildman–Crippen MR) is 70.3 cm³/mol. The average Bonchev–Trinajstić information content (AvgIpc) is 2.21. The van der Waals surface area contributed by atoms with Gasteiger partial charge in [-0.15, -0.1) is 0 Å². The fourth-order valence-electron chi connectivity index (χ4n) is 1.93. The molecule has 0 aliphatic rings. The minimum Gasteiger partial charge on any atom is -0.399 e. The number of allylic oxidation sites excluding steroid dienone is 2. The van der Waals surface area contributed by atoms with Gasteiger partial charge in [0.15, 0.2) is 0 Å². The fraction of sp³-hybridized carbons (Fsp3) is 0.357. The summed E-state index contributed by atoms with van der Waals surface area (Å²) in [5.41, 5.74) is 8.01. The highest BCUT2D eigenvalue weighted by Crippen LogP contribution is 2.33. The van der Waals surface area contributed by atoms with Crippen LogP contribution in [0.25, 0.3) is 5.57 Å². The third kappa shape index (κ3) is 2.75. The van der Waals surface area contributed by atoms with Gasteiger partial charge in [0.25, 0.3) is 5.92 Å². The molecule has 0 aliphatic carbocycles. The Balaban J connectivity index is 3.57. The van der Waals surface area contributed by atoms with Crippen LogP contribution in [0.15, 0.2) is 24.4 Å². The molecule has 0 amide bonds. The van der Waals surface area contributed by atoms with Crippen LogP contribution in [-0.4, -0.2) is 4.98 Å². The van der Waals surface area contributed by atoms with Crippen LogP contribution in [0.5, 0.6) is 0 Å². The Morgan fingerprint density at radius 2 is 2.00 bits per heavy atom. The summed E-state index contributed by atoms with van der Waals surface area (Å²) in [6.07, 6.45) is 1.73. The minimum atomic E-state index is -2.90. The van der Waals surface area contributed by atoms with Crippen molar-refractivity contribution < 1.29 is 8.78 Å². The number of nitrogens with two attached hydrogens (primary N) is 1. The van der Waals surface area contributed by atoms with Gasteiger partial charge in [-0.25, -0.2) is 8.78 Å². The summed E-state index contributed by atoms with van der Waals surface area (Å²) >= 11 is 0. The lowest BCUT2D eigenvalue weighted by Crippen LogP contribution is -2.14. The zero-order valence-corrected chi connectivity index (χ0v) is 11.1. The standard InChI is InChI=1S/C14H18F2N2/c1-6-11(10(4)17)13-9(3)12(14(5,15)16)7-8(2)18-13/h6-7H,4,17H2,1-3,5H3/b11-6-. The molecule has 0 bridgehead atoms. The van der Waals surface area contributed by atoms with Crippen LogP contribution < -0.4 is 5.73 Å². The van der Waals surface area contributed by atoms with E-state index < -0.39 is 5.92 Å². The lowest BCUT2D eigenvalue weighted by atomic mass is 9.96. The number of hydrogen-bond donors (Lipinski definition) is 1. The first kappa shape index (κ1) is 14.4. The van der Waals surface area contributed by atoms with E-state index in [0.717, 1.165) is 6.92 Å². The SMILES string of the molecule is C=C(N)/C(=C/C)c1nc(C)cc(C(C)(F)F)c1C. The smallest absolute Gasteiger partial charge is 0.270 e. The summed E-state index contributed by atoms with van der Waals surface area (Å²) in [5, 5.41) is 0. The molecule has 2 N–H and O–H groups in total. The fourth-order valence-corrected chi connectivity index (χ4v) is 1.93. The highest BCUT2D eigenvalue weighted by atomic mass is 19.3. The van der Waals surface area contributed by atoms with Gasteiger partial charge in [0.05, 0.1) is 5.69 Å². The number of halogens is 2. The molecule has 4 heteroatoms. The normalized spacial score (nSPS) is 12.7. The Hall–Kier alpha value is -1.71. The maximum atomic E-state index is 13.5. The maximum Gasteiger partial charge on any atom is 0.270 e. The Labute approximate surface area is 106 Å². The monoisotopic (exact) mass is 252 g/mol. The van der Waals surface area contributed by atoms with E-state index in [0.29, 0.717) is 28.2 Å². The van der Waals surface area contributed by atoms with Crippen molar-refractivity contribution in [2.75, 3.05) is 0 Å². The van der Waals surface area contributed by atoms with Crippen molar-refractivity contribution in [3.8, 4) is 0 Å². The Morgan fingerprint density at radius 3 is 2.39 bits per heavy atom. The highest BCUT2D eigenvalue weighted by Gasteiger charge is 2.28. The third-order valence-electron chi connectivity index (χ3n) is 2.76.